The molecule has 0 aliphatic carbocycles. The average molecular weight is 373 g/mol. The standard InChI is InChI=1S/C20H14Cl2O3/c21-15-10-4-6-12-17(15)24-19(14-8-2-1-3-9-14)20(23)25-18-13-7-5-11-16(18)22/h1-13,19H/t19-/m1/s1. The second-order valence-corrected chi connectivity index (χ2v) is 6.00. The van der Waals surface area contributed by atoms with Crippen molar-refractivity contribution in [2.24, 2.45) is 0 Å². The molecule has 3 rings (SSSR count). The molecular formula is C20H14Cl2O3. The smallest absolute Gasteiger partial charge is 0.357 e. The number of carbonyl (C=O) groups is 1. The Morgan fingerprint density at radius 3 is 1.84 bits per heavy atom. The average Bonchev–Trinajstić information content (AvgIpc) is 2.63. The lowest BCUT2D eigenvalue weighted by Gasteiger charge is -2.19. The maximum Gasteiger partial charge on any atom is 0.357 e. The molecule has 0 bridgehead atoms. The molecule has 3 nitrogen and oxygen atoms in total. The molecule has 3 aromatic rings. The highest BCUT2D eigenvalue weighted by atomic mass is 35.5. The summed E-state index contributed by atoms with van der Waals surface area (Å²) in [6.45, 7) is 0. The van der Waals surface area contributed by atoms with Crippen LogP contribution in [0.4, 0.5) is 0 Å². The zero-order chi connectivity index (χ0) is 17.6. The highest BCUT2D eigenvalue weighted by Gasteiger charge is 2.26. The van der Waals surface area contributed by atoms with Gasteiger partial charge in [0, 0.05) is 5.56 Å². The maximum absolute atomic E-state index is 12.7. The quantitative estimate of drug-likeness (QED) is 0.424. The summed E-state index contributed by atoms with van der Waals surface area (Å²) in [4.78, 5) is 12.7. The van der Waals surface area contributed by atoms with Crippen molar-refractivity contribution in [3.8, 4) is 11.5 Å². The Morgan fingerprint density at radius 2 is 1.24 bits per heavy atom. The van der Waals surface area contributed by atoms with Gasteiger partial charge in [0.15, 0.2) is 0 Å². The Labute approximate surface area is 155 Å². The SMILES string of the molecule is O=C(Oc1ccccc1Cl)[C@H](Oc1ccccc1Cl)c1ccccc1. The molecule has 0 spiro atoms. The molecule has 0 radical (unpaired) electrons. The molecule has 0 saturated carbocycles. The molecule has 0 heterocycles. The van der Waals surface area contributed by atoms with E-state index in [1.807, 2.05) is 18.2 Å². The number of hydrogen-bond donors (Lipinski definition) is 0. The topological polar surface area (TPSA) is 35.5 Å². The van der Waals surface area contributed by atoms with Crippen LogP contribution in [0.25, 0.3) is 0 Å². The van der Waals surface area contributed by atoms with Gasteiger partial charge in [-0.25, -0.2) is 4.79 Å². The molecule has 0 amide bonds. The second kappa shape index (κ2) is 8.06. The van der Waals surface area contributed by atoms with Crippen molar-refractivity contribution in [3.63, 3.8) is 0 Å². The number of rotatable bonds is 5. The molecule has 1 atom stereocenters. The van der Waals surface area contributed by atoms with Crippen LogP contribution in [0.1, 0.15) is 11.7 Å². The fraction of sp³-hybridized carbons (Fsp3) is 0.0500. The van der Waals surface area contributed by atoms with E-state index in [0.717, 1.165) is 0 Å². The molecule has 0 aliphatic heterocycles. The summed E-state index contributed by atoms with van der Waals surface area (Å²) in [5.74, 6) is 0.0891. The Kier molecular flexibility index (Phi) is 5.59. The molecule has 3 aromatic carbocycles. The van der Waals surface area contributed by atoms with Crippen molar-refractivity contribution in [2.45, 2.75) is 6.10 Å². The number of hydrogen-bond acceptors (Lipinski definition) is 3. The van der Waals surface area contributed by atoms with E-state index in [9.17, 15) is 4.79 Å². The summed E-state index contributed by atoms with van der Waals surface area (Å²) in [5.41, 5.74) is 0.652. The lowest BCUT2D eigenvalue weighted by molar-refractivity contribution is -0.142. The second-order valence-electron chi connectivity index (χ2n) is 5.19. The molecule has 0 fully saturated rings. The molecule has 0 aromatic heterocycles. The van der Waals surface area contributed by atoms with Crippen LogP contribution >= 0.6 is 23.2 Å². The van der Waals surface area contributed by atoms with Gasteiger partial charge in [-0.15, -0.1) is 0 Å². The van der Waals surface area contributed by atoms with E-state index in [1.165, 1.54) is 0 Å². The van der Waals surface area contributed by atoms with Crippen LogP contribution in [0.3, 0.4) is 0 Å². The fourth-order valence-corrected chi connectivity index (χ4v) is 2.59. The molecule has 0 saturated heterocycles. The number of halogens is 2. The van der Waals surface area contributed by atoms with Crippen molar-refractivity contribution in [1.29, 1.82) is 0 Å². The van der Waals surface area contributed by atoms with E-state index in [4.69, 9.17) is 32.7 Å². The molecule has 0 unspecified atom stereocenters. The van der Waals surface area contributed by atoms with Crippen LogP contribution in [0, 0.1) is 0 Å². The van der Waals surface area contributed by atoms with E-state index in [1.54, 1.807) is 60.7 Å². The Bertz CT molecular complexity index is 866. The van der Waals surface area contributed by atoms with Crippen molar-refractivity contribution < 1.29 is 14.3 Å². The third-order valence-corrected chi connectivity index (χ3v) is 4.07. The number of para-hydroxylation sites is 2. The first-order chi connectivity index (χ1) is 12.1. The first-order valence-electron chi connectivity index (χ1n) is 7.57. The van der Waals surface area contributed by atoms with Gasteiger partial charge in [0.1, 0.15) is 11.5 Å². The minimum absolute atomic E-state index is 0.276. The van der Waals surface area contributed by atoms with Crippen LogP contribution in [0.5, 0.6) is 11.5 Å². The lowest BCUT2D eigenvalue weighted by Crippen LogP contribution is -2.24. The number of benzene rings is 3. The normalized spacial score (nSPS) is 11.6. The van der Waals surface area contributed by atoms with Gasteiger partial charge < -0.3 is 9.47 Å². The molecule has 0 aliphatic rings. The van der Waals surface area contributed by atoms with Gasteiger partial charge in [-0.2, -0.15) is 0 Å². The summed E-state index contributed by atoms with van der Waals surface area (Å²) in [6.07, 6.45) is -0.975. The minimum atomic E-state index is -0.975. The summed E-state index contributed by atoms with van der Waals surface area (Å²) < 4.78 is 11.3. The number of carbonyl (C=O) groups excluding carboxylic acids is 1. The van der Waals surface area contributed by atoms with Gasteiger partial charge in [0.25, 0.3) is 0 Å². The van der Waals surface area contributed by atoms with E-state index in [2.05, 4.69) is 0 Å². The van der Waals surface area contributed by atoms with Crippen molar-refractivity contribution >= 4 is 29.2 Å². The van der Waals surface area contributed by atoms with E-state index in [0.29, 0.717) is 21.4 Å². The first kappa shape index (κ1) is 17.3. The van der Waals surface area contributed by atoms with Crippen LogP contribution in [-0.2, 0) is 4.79 Å². The summed E-state index contributed by atoms with van der Waals surface area (Å²) in [6, 6.07) is 22.8. The van der Waals surface area contributed by atoms with E-state index < -0.39 is 12.1 Å². The zero-order valence-corrected chi connectivity index (χ0v) is 14.6. The van der Waals surface area contributed by atoms with Crippen molar-refractivity contribution in [3.05, 3.63) is 94.5 Å². The third-order valence-electron chi connectivity index (χ3n) is 3.45. The largest absolute Gasteiger partial charge is 0.472 e. The molecule has 0 N–H and O–H groups in total. The van der Waals surface area contributed by atoms with Gasteiger partial charge in [0.05, 0.1) is 10.0 Å². The Hall–Kier alpha value is -2.49. The third kappa shape index (κ3) is 4.32. The van der Waals surface area contributed by atoms with Gasteiger partial charge in [0.2, 0.25) is 6.10 Å². The Balaban J connectivity index is 1.90. The molecular weight excluding hydrogens is 359 g/mol. The predicted octanol–water partition coefficient (Wildman–Crippen LogP) is 5.72. The molecule has 25 heavy (non-hydrogen) atoms. The molecule has 5 heteroatoms. The van der Waals surface area contributed by atoms with Crippen molar-refractivity contribution in [1.82, 2.24) is 0 Å². The van der Waals surface area contributed by atoms with Crippen LogP contribution in [-0.4, -0.2) is 5.97 Å². The van der Waals surface area contributed by atoms with Crippen LogP contribution in [0.15, 0.2) is 78.9 Å². The van der Waals surface area contributed by atoms with E-state index >= 15 is 0 Å². The summed E-state index contributed by atoms with van der Waals surface area (Å²) in [5, 5.41) is 0.759. The maximum atomic E-state index is 12.7. The number of ether oxygens (including phenoxy) is 2. The first-order valence-corrected chi connectivity index (χ1v) is 8.33. The highest BCUT2D eigenvalue weighted by molar-refractivity contribution is 6.32. The monoisotopic (exact) mass is 372 g/mol. The predicted molar refractivity (Wildman–Crippen MR) is 98.4 cm³/mol. The number of esters is 1. The van der Waals surface area contributed by atoms with Crippen molar-refractivity contribution in [2.75, 3.05) is 0 Å². The van der Waals surface area contributed by atoms with Gasteiger partial charge in [-0.05, 0) is 24.3 Å². The van der Waals surface area contributed by atoms with Crippen LogP contribution < -0.4 is 9.47 Å². The summed E-state index contributed by atoms with van der Waals surface area (Å²) in [7, 11) is 0. The zero-order valence-electron chi connectivity index (χ0n) is 13.1. The highest BCUT2D eigenvalue weighted by Crippen LogP contribution is 2.31. The Morgan fingerprint density at radius 1 is 0.720 bits per heavy atom. The fourth-order valence-electron chi connectivity index (χ4n) is 2.24. The lowest BCUT2D eigenvalue weighted by atomic mass is 10.1. The minimum Gasteiger partial charge on any atom is -0.472 e. The molecule has 126 valence electrons. The van der Waals surface area contributed by atoms with Gasteiger partial charge >= 0.3 is 5.97 Å². The van der Waals surface area contributed by atoms with Gasteiger partial charge in [-0.1, -0.05) is 77.8 Å². The van der Waals surface area contributed by atoms with Crippen LogP contribution in [0.2, 0.25) is 10.0 Å². The van der Waals surface area contributed by atoms with E-state index in [-0.39, 0.29) is 5.75 Å². The van der Waals surface area contributed by atoms with Gasteiger partial charge in [-0.3, -0.25) is 0 Å². The summed E-state index contributed by atoms with van der Waals surface area (Å²) >= 11 is 12.2.